The second-order valence-corrected chi connectivity index (χ2v) is 5.69. The fraction of sp³-hybridized carbons (Fsp3) is 0.222. The van der Waals surface area contributed by atoms with Gasteiger partial charge >= 0.3 is 0 Å². The van der Waals surface area contributed by atoms with Gasteiger partial charge in [0.25, 0.3) is 0 Å². The van der Waals surface area contributed by atoms with Crippen molar-refractivity contribution in [2.75, 3.05) is 25.5 Å². The Labute approximate surface area is 139 Å². The van der Waals surface area contributed by atoms with Gasteiger partial charge in [0.15, 0.2) is 0 Å². The molecule has 24 heavy (non-hydrogen) atoms. The summed E-state index contributed by atoms with van der Waals surface area (Å²) < 4.78 is 13.3. The molecule has 1 amide bonds. The molecule has 0 saturated heterocycles. The van der Waals surface area contributed by atoms with Crippen LogP contribution in [-0.2, 0) is 4.79 Å². The Morgan fingerprint density at radius 2 is 2.17 bits per heavy atom. The molecule has 3 aromatic rings. The van der Waals surface area contributed by atoms with Gasteiger partial charge in [-0.25, -0.2) is 9.37 Å². The topological polar surface area (TPSA) is 61.0 Å². The van der Waals surface area contributed by atoms with Crippen LogP contribution >= 0.6 is 0 Å². The number of rotatable bonds is 5. The molecule has 2 heterocycles. The molecule has 2 aromatic heterocycles. The number of anilines is 1. The molecule has 0 aliphatic carbocycles. The number of halogens is 1. The highest BCUT2D eigenvalue weighted by Crippen LogP contribution is 2.28. The van der Waals surface area contributed by atoms with E-state index in [1.54, 1.807) is 31.1 Å². The van der Waals surface area contributed by atoms with Crippen molar-refractivity contribution in [3.05, 3.63) is 48.5 Å². The molecule has 6 heteroatoms. The second kappa shape index (κ2) is 6.70. The third kappa shape index (κ3) is 3.37. The average Bonchev–Trinajstić information content (AvgIpc) is 2.98. The van der Waals surface area contributed by atoms with Gasteiger partial charge in [0.05, 0.1) is 0 Å². The predicted octanol–water partition coefficient (Wildman–Crippen LogP) is 3.26. The highest BCUT2D eigenvalue weighted by Gasteiger charge is 2.07. The Morgan fingerprint density at radius 1 is 1.33 bits per heavy atom. The van der Waals surface area contributed by atoms with Gasteiger partial charge in [0.2, 0.25) is 5.91 Å². The summed E-state index contributed by atoms with van der Waals surface area (Å²) in [5.74, 6) is 0.529. The number of H-pyrrole nitrogens is 1. The van der Waals surface area contributed by atoms with Crippen LogP contribution < -0.4 is 5.32 Å². The number of hydrogen-bond acceptors (Lipinski definition) is 3. The fourth-order valence-electron chi connectivity index (χ4n) is 2.50. The van der Waals surface area contributed by atoms with Crippen LogP contribution in [0.15, 0.2) is 42.7 Å². The van der Waals surface area contributed by atoms with E-state index < -0.39 is 0 Å². The van der Waals surface area contributed by atoms with E-state index in [-0.39, 0.29) is 11.7 Å². The van der Waals surface area contributed by atoms with Crippen LogP contribution in [0.2, 0.25) is 0 Å². The summed E-state index contributed by atoms with van der Waals surface area (Å²) in [6, 6.07) is 8.56. The van der Waals surface area contributed by atoms with Gasteiger partial charge in [0, 0.05) is 61.5 Å². The van der Waals surface area contributed by atoms with Gasteiger partial charge < -0.3 is 15.2 Å². The van der Waals surface area contributed by atoms with Crippen molar-refractivity contribution in [2.45, 2.75) is 6.92 Å². The van der Waals surface area contributed by atoms with Crippen LogP contribution in [0.3, 0.4) is 0 Å². The molecule has 0 radical (unpaired) electrons. The standard InChI is InChI=1S/C18H19FN4O/c1-12(24)23(2)8-7-20-18-6-3-13(10-22-18)16-11-21-17-9-14(19)4-5-15(16)17/h3-6,9-11,21H,7-8H2,1-2H3,(H,20,22). The molecule has 2 N–H and O–H groups in total. The van der Waals surface area contributed by atoms with E-state index in [1.807, 2.05) is 18.3 Å². The number of nitrogens with one attached hydrogen (secondary N) is 2. The molecule has 1 aromatic carbocycles. The number of aromatic amines is 1. The lowest BCUT2D eigenvalue weighted by Crippen LogP contribution is -2.29. The van der Waals surface area contributed by atoms with Crippen molar-refractivity contribution in [3.63, 3.8) is 0 Å². The third-order valence-corrected chi connectivity index (χ3v) is 4.01. The first-order valence-electron chi connectivity index (χ1n) is 7.73. The van der Waals surface area contributed by atoms with Crippen LogP contribution in [-0.4, -0.2) is 40.9 Å². The number of benzene rings is 1. The molecule has 124 valence electrons. The van der Waals surface area contributed by atoms with Gasteiger partial charge in [-0.15, -0.1) is 0 Å². The maximum Gasteiger partial charge on any atom is 0.219 e. The zero-order valence-electron chi connectivity index (χ0n) is 13.6. The van der Waals surface area contributed by atoms with Gasteiger partial charge in [-0.2, -0.15) is 0 Å². The summed E-state index contributed by atoms with van der Waals surface area (Å²) in [6.45, 7) is 2.79. The van der Waals surface area contributed by atoms with Crippen molar-refractivity contribution in [3.8, 4) is 11.1 Å². The van der Waals surface area contributed by atoms with Crippen LogP contribution in [0, 0.1) is 5.82 Å². The summed E-state index contributed by atoms with van der Waals surface area (Å²) in [5, 5.41) is 4.15. The predicted molar refractivity (Wildman–Crippen MR) is 93.3 cm³/mol. The number of carbonyl (C=O) groups excluding carboxylic acids is 1. The van der Waals surface area contributed by atoms with E-state index in [0.717, 1.165) is 27.8 Å². The number of amides is 1. The molecule has 0 aliphatic rings. The molecule has 0 unspecified atom stereocenters. The Balaban J connectivity index is 1.71. The molecule has 0 fully saturated rings. The summed E-state index contributed by atoms with van der Waals surface area (Å²) in [5.41, 5.74) is 2.71. The number of fused-ring (bicyclic) bond motifs is 1. The minimum absolute atomic E-state index is 0.0379. The summed E-state index contributed by atoms with van der Waals surface area (Å²) >= 11 is 0. The zero-order chi connectivity index (χ0) is 17.1. The highest BCUT2D eigenvalue weighted by molar-refractivity contribution is 5.95. The highest BCUT2D eigenvalue weighted by atomic mass is 19.1. The summed E-state index contributed by atoms with van der Waals surface area (Å²) in [4.78, 5) is 20.3. The van der Waals surface area contributed by atoms with Gasteiger partial charge in [-0.1, -0.05) is 0 Å². The molecule has 0 spiro atoms. The number of pyridine rings is 1. The lowest BCUT2D eigenvalue weighted by Gasteiger charge is -2.15. The maximum absolute atomic E-state index is 13.3. The van der Waals surface area contributed by atoms with Gasteiger partial charge in [-0.3, -0.25) is 4.79 Å². The molecular formula is C18H19FN4O. The summed E-state index contributed by atoms with van der Waals surface area (Å²) in [7, 11) is 1.76. The SMILES string of the molecule is CC(=O)N(C)CCNc1ccc(-c2c[nH]c3cc(F)ccc23)cn1. The van der Waals surface area contributed by atoms with Crippen LogP contribution in [0.4, 0.5) is 10.2 Å². The first kappa shape index (κ1) is 16.0. The zero-order valence-corrected chi connectivity index (χ0v) is 13.6. The molecule has 0 bridgehead atoms. The Kier molecular flexibility index (Phi) is 4.46. The van der Waals surface area contributed by atoms with Gasteiger partial charge in [0.1, 0.15) is 11.6 Å². The largest absolute Gasteiger partial charge is 0.368 e. The maximum atomic E-state index is 13.3. The first-order valence-corrected chi connectivity index (χ1v) is 7.73. The lowest BCUT2D eigenvalue weighted by molar-refractivity contribution is -0.127. The number of aromatic nitrogens is 2. The second-order valence-electron chi connectivity index (χ2n) is 5.69. The van der Waals surface area contributed by atoms with Gasteiger partial charge in [-0.05, 0) is 30.3 Å². The van der Waals surface area contributed by atoms with E-state index in [1.165, 1.54) is 12.1 Å². The molecule has 3 rings (SSSR count). The summed E-state index contributed by atoms with van der Waals surface area (Å²) in [6.07, 6.45) is 3.64. The fourth-order valence-corrected chi connectivity index (χ4v) is 2.50. The first-order chi connectivity index (χ1) is 11.5. The van der Waals surface area contributed by atoms with E-state index in [4.69, 9.17) is 0 Å². The number of likely N-dealkylation sites (N-methyl/N-ethyl adjacent to an activating group) is 1. The normalized spacial score (nSPS) is 10.8. The number of nitrogens with zero attached hydrogens (tertiary/aromatic N) is 2. The smallest absolute Gasteiger partial charge is 0.219 e. The van der Waals surface area contributed by atoms with Crippen molar-refractivity contribution in [2.24, 2.45) is 0 Å². The molecular weight excluding hydrogens is 307 g/mol. The van der Waals surface area contributed by atoms with Crippen LogP contribution in [0.25, 0.3) is 22.0 Å². The van der Waals surface area contributed by atoms with Crippen molar-refractivity contribution in [1.29, 1.82) is 0 Å². The minimum Gasteiger partial charge on any atom is -0.368 e. The molecule has 5 nitrogen and oxygen atoms in total. The third-order valence-electron chi connectivity index (χ3n) is 4.01. The average molecular weight is 326 g/mol. The van der Waals surface area contributed by atoms with Crippen molar-refractivity contribution >= 4 is 22.6 Å². The Morgan fingerprint density at radius 3 is 2.88 bits per heavy atom. The van der Waals surface area contributed by atoms with Crippen molar-refractivity contribution in [1.82, 2.24) is 14.9 Å². The number of hydrogen-bond donors (Lipinski definition) is 2. The molecule has 0 atom stereocenters. The van der Waals surface area contributed by atoms with E-state index in [9.17, 15) is 9.18 Å². The van der Waals surface area contributed by atoms with Crippen molar-refractivity contribution < 1.29 is 9.18 Å². The molecule has 0 saturated carbocycles. The Bertz CT molecular complexity index is 857. The number of carbonyl (C=O) groups is 1. The van der Waals surface area contributed by atoms with E-state index >= 15 is 0 Å². The monoisotopic (exact) mass is 326 g/mol. The Hall–Kier alpha value is -2.89. The van der Waals surface area contributed by atoms with E-state index in [0.29, 0.717) is 13.1 Å². The van der Waals surface area contributed by atoms with E-state index in [2.05, 4.69) is 15.3 Å². The van der Waals surface area contributed by atoms with Crippen LogP contribution in [0.1, 0.15) is 6.92 Å². The van der Waals surface area contributed by atoms with Crippen LogP contribution in [0.5, 0.6) is 0 Å². The quantitative estimate of drug-likeness (QED) is 0.756. The minimum atomic E-state index is -0.260. The molecule has 0 aliphatic heterocycles. The lowest BCUT2D eigenvalue weighted by atomic mass is 10.1.